The zero-order valence-electron chi connectivity index (χ0n) is 18.9. The van der Waals surface area contributed by atoms with Crippen molar-refractivity contribution in [3.05, 3.63) is 35.9 Å². The zero-order chi connectivity index (χ0) is 21.6. The lowest BCUT2D eigenvalue weighted by atomic mass is 9.93. The lowest BCUT2D eigenvalue weighted by Gasteiger charge is -2.43. The lowest BCUT2D eigenvalue weighted by molar-refractivity contribution is -0.141. The summed E-state index contributed by atoms with van der Waals surface area (Å²) in [7, 11) is 0. The fourth-order valence-electron chi connectivity index (χ4n) is 5.58. The van der Waals surface area contributed by atoms with E-state index in [9.17, 15) is 9.59 Å². The van der Waals surface area contributed by atoms with Crippen molar-refractivity contribution in [2.45, 2.75) is 51.0 Å². The number of rotatable bonds is 6. The van der Waals surface area contributed by atoms with Crippen LogP contribution in [0.4, 0.5) is 0 Å². The molecular weight excluding hydrogens is 406 g/mol. The summed E-state index contributed by atoms with van der Waals surface area (Å²) < 4.78 is 0. The maximum Gasteiger partial charge on any atom is 0.240 e. The van der Waals surface area contributed by atoms with E-state index >= 15 is 0 Å². The average Bonchev–Trinajstić information content (AvgIpc) is 3.36. The number of carbonyl (C=O) groups is 2. The summed E-state index contributed by atoms with van der Waals surface area (Å²) in [4.78, 5) is 33.4. The van der Waals surface area contributed by atoms with Crippen LogP contribution in [0, 0.1) is 5.92 Å². The van der Waals surface area contributed by atoms with Crippen LogP contribution in [-0.4, -0.2) is 83.3 Å². The third-order valence-electron chi connectivity index (χ3n) is 7.35. The summed E-state index contributed by atoms with van der Waals surface area (Å²) in [6.07, 6.45) is 5.66. The maximum atomic E-state index is 13.5. The van der Waals surface area contributed by atoms with Gasteiger partial charge in [0.2, 0.25) is 11.8 Å². The molecule has 1 saturated carbocycles. The van der Waals surface area contributed by atoms with Crippen molar-refractivity contribution in [2.24, 2.45) is 5.92 Å². The number of nitrogens with zero attached hydrogens (tertiary/aromatic N) is 3. The van der Waals surface area contributed by atoms with E-state index in [1.165, 1.54) is 25.7 Å². The molecule has 1 aromatic carbocycles. The van der Waals surface area contributed by atoms with Gasteiger partial charge in [0.15, 0.2) is 0 Å². The first kappa shape index (κ1) is 22.7. The molecule has 2 amide bonds. The summed E-state index contributed by atoms with van der Waals surface area (Å²) in [5, 5.41) is 0. The summed E-state index contributed by atoms with van der Waals surface area (Å²) in [6.45, 7) is 6.96. The second-order valence-electron chi connectivity index (χ2n) is 9.16. The summed E-state index contributed by atoms with van der Waals surface area (Å²) in [5.74, 6) is 3.13. The predicted octanol–water partition coefficient (Wildman–Crippen LogP) is 3.46. The number of piperazine rings is 1. The van der Waals surface area contributed by atoms with Gasteiger partial charge in [0.1, 0.15) is 0 Å². The Balaban J connectivity index is 1.41. The number of amides is 2. The van der Waals surface area contributed by atoms with Crippen LogP contribution in [0.1, 0.15) is 50.5 Å². The lowest BCUT2D eigenvalue weighted by Crippen LogP contribution is -2.59. The van der Waals surface area contributed by atoms with E-state index in [-0.39, 0.29) is 17.9 Å². The smallest absolute Gasteiger partial charge is 0.240 e. The highest BCUT2D eigenvalue weighted by Crippen LogP contribution is 2.33. The second kappa shape index (κ2) is 10.9. The molecule has 0 unspecified atom stereocenters. The van der Waals surface area contributed by atoms with Crippen LogP contribution in [-0.2, 0) is 9.59 Å². The molecule has 3 aliphatic rings. The van der Waals surface area contributed by atoms with Crippen molar-refractivity contribution in [2.75, 3.05) is 50.8 Å². The molecule has 0 bridgehead atoms. The molecule has 2 aliphatic heterocycles. The van der Waals surface area contributed by atoms with Crippen LogP contribution < -0.4 is 0 Å². The van der Waals surface area contributed by atoms with Gasteiger partial charge >= 0.3 is 0 Å². The van der Waals surface area contributed by atoms with Gasteiger partial charge in [-0.15, -0.1) is 0 Å². The van der Waals surface area contributed by atoms with E-state index in [0.29, 0.717) is 11.8 Å². The van der Waals surface area contributed by atoms with E-state index < -0.39 is 0 Å². The molecule has 0 spiro atoms. The molecule has 2 atom stereocenters. The minimum absolute atomic E-state index is 0.0129. The van der Waals surface area contributed by atoms with Crippen molar-refractivity contribution in [3.8, 4) is 0 Å². The van der Waals surface area contributed by atoms with Gasteiger partial charge in [0.05, 0.1) is 12.0 Å². The minimum Gasteiger partial charge on any atom is -0.340 e. The standard InChI is InChI=1S/C25H37N3O2S/c1-2-22(20-8-4-3-5-9-20)24(29)27-14-12-26(13-15-27)23(21-10-6-7-11-21)25(30)28-16-18-31-19-17-28/h3-5,8-9,21-23H,2,6-7,10-19H2,1H3/t22-,23-/m1/s1. The Bertz CT molecular complexity index is 724. The van der Waals surface area contributed by atoms with E-state index in [1.54, 1.807) is 0 Å². The molecule has 0 radical (unpaired) electrons. The van der Waals surface area contributed by atoms with E-state index in [4.69, 9.17) is 0 Å². The number of benzene rings is 1. The van der Waals surface area contributed by atoms with Crippen molar-refractivity contribution < 1.29 is 9.59 Å². The largest absolute Gasteiger partial charge is 0.340 e. The van der Waals surface area contributed by atoms with E-state index in [0.717, 1.165) is 62.8 Å². The number of thioether (sulfide) groups is 1. The Morgan fingerprint density at radius 1 is 0.903 bits per heavy atom. The van der Waals surface area contributed by atoms with Crippen molar-refractivity contribution in [1.29, 1.82) is 0 Å². The summed E-state index contributed by atoms with van der Waals surface area (Å²) in [5.41, 5.74) is 1.11. The number of carbonyl (C=O) groups excluding carboxylic acids is 2. The van der Waals surface area contributed by atoms with Gasteiger partial charge in [-0.25, -0.2) is 0 Å². The summed E-state index contributed by atoms with van der Waals surface area (Å²) >= 11 is 1.95. The molecule has 2 saturated heterocycles. The van der Waals surface area contributed by atoms with Crippen molar-refractivity contribution in [3.63, 3.8) is 0 Å². The molecular formula is C25H37N3O2S. The third kappa shape index (κ3) is 5.28. The monoisotopic (exact) mass is 443 g/mol. The van der Waals surface area contributed by atoms with Gasteiger partial charge in [-0.1, -0.05) is 50.1 Å². The predicted molar refractivity (Wildman–Crippen MR) is 127 cm³/mol. The van der Waals surface area contributed by atoms with Gasteiger partial charge in [0.25, 0.3) is 0 Å². The number of hydrogen-bond donors (Lipinski definition) is 0. The third-order valence-corrected chi connectivity index (χ3v) is 8.29. The Labute approximate surface area is 191 Å². The molecule has 170 valence electrons. The Hall–Kier alpha value is -1.53. The molecule has 2 heterocycles. The maximum absolute atomic E-state index is 13.5. The van der Waals surface area contributed by atoms with E-state index in [1.807, 2.05) is 34.9 Å². The van der Waals surface area contributed by atoms with Gasteiger partial charge in [-0.05, 0) is 30.7 Å². The molecule has 0 aromatic heterocycles. The van der Waals surface area contributed by atoms with Crippen LogP contribution >= 0.6 is 11.8 Å². The van der Waals surface area contributed by atoms with Gasteiger partial charge in [-0.3, -0.25) is 14.5 Å². The van der Waals surface area contributed by atoms with Crippen LogP contribution in [0.5, 0.6) is 0 Å². The number of hydrogen-bond acceptors (Lipinski definition) is 4. The molecule has 3 fully saturated rings. The van der Waals surface area contributed by atoms with Gasteiger partial charge < -0.3 is 9.80 Å². The minimum atomic E-state index is -0.0640. The highest BCUT2D eigenvalue weighted by Gasteiger charge is 2.40. The molecule has 4 rings (SSSR count). The van der Waals surface area contributed by atoms with Gasteiger partial charge in [0, 0.05) is 50.8 Å². The van der Waals surface area contributed by atoms with Gasteiger partial charge in [-0.2, -0.15) is 11.8 Å². The Morgan fingerprint density at radius 3 is 2.13 bits per heavy atom. The first-order valence-corrected chi connectivity index (χ1v) is 13.3. The zero-order valence-corrected chi connectivity index (χ0v) is 19.7. The molecule has 1 aliphatic carbocycles. The molecule has 31 heavy (non-hydrogen) atoms. The van der Waals surface area contributed by atoms with Crippen LogP contribution in [0.15, 0.2) is 30.3 Å². The molecule has 6 heteroatoms. The van der Waals surface area contributed by atoms with E-state index in [2.05, 4.69) is 28.9 Å². The fourth-order valence-corrected chi connectivity index (χ4v) is 6.48. The Morgan fingerprint density at radius 2 is 1.52 bits per heavy atom. The fraction of sp³-hybridized carbons (Fsp3) is 0.680. The van der Waals surface area contributed by atoms with Crippen LogP contribution in [0.25, 0.3) is 0 Å². The average molecular weight is 444 g/mol. The van der Waals surface area contributed by atoms with Crippen molar-refractivity contribution >= 4 is 23.6 Å². The van der Waals surface area contributed by atoms with Crippen LogP contribution in [0.3, 0.4) is 0 Å². The SMILES string of the molecule is CC[C@@H](C(=O)N1CCN([C@@H](C(=O)N2CCSCC2)C2CCCC2)CC1)c1ccccc1. The van der Waals surface area contributed by atoms with Crippen molar-refractivity contribution in [1.82, 2.24) is 14.7 Å². The molecule has 5 nitrogen and oxygen atoms in total. The highest BCUT2D eigenvalue weighted by molar-refractivity contribution is 7.99. The molecule has 0 N–H and O–H groups in total. The highest BCUT2D eigenvalue weighted by atomic mass is 32.2. The normalized spacial score (nSPS) is 23.0. The first-order valence-electron chi connectivity index (χ1n) is 12.1. The Kier molecular flexibility index (Phi) is 7.94. The second-order valence-corrected chi connectivity index (χ2v) is 10.4. The molecule has 1 aromatic rings. The quantitative estimate of drug-likeness (QED) is 0.675. The van der Waals surface area contributed by atoms with Crippen LogP contribution in [0.2, 0.25) is 0 Å². The topological polar surface area (TPSA) is 43.9 Å². The first-order chi connectivity index (χ1) is 15.2. The summed E-state index contributed by atoms with van der Waals surface area (Å²) in [6, 6.07) is 10.2.